The number of benzene rings is 1. The molecule has 0 unspecified atom stereocenters. The van der Waals surface area contributed by atoms with E-state index in [1.54, 1.807) is 36.2 Å². The SMILES string of the molecule is C[C@@H](C(=O)N1CCN(c2ccccn2)CC1)n1c(=O)oc2ccccc21. The summed E-state index contributed by atoms with van der Waals surface area (Å²) in [5, 5.41) is 0. The van der Waals surface area contributed by atoms with Gasteiger partial charge in [0.25, 0.3) is 0 Å². The molecule has 7 heteroatoms. The van der Waals surface area contributed by atoms with Crippen LogP contribution in [0.15, 0.2) is 57.9 Å². The zero-order valence-electron chi connectivity index (χ0n) is 14.5. The molecule has 1 aliphatic rings. The third kappa shape index (κ3) is 2.85. The minimum atomic E-state index is -0.604. The quantitative estimate of drug-likeness (QED) is 0.720. The molecule has 0 aliphatic carbocycles. The van der Waals surface area contributed by atoms with Gasteiger partial charge in [-0.15, -0.1) is 0 Å². The lowest BCUT2D eigenvalue weighted by molar-refractivity contribution is -0.134. The van der Waals surface area contributed by atoms with Crippen molar-refractivity contribution < 1.29 is 9.21 Å². The van der Waals surface area contributed by atoms with Crippen molar-refractivity contribution in [3.8, 4) is 0 Å². The number of carbonyl (C=O) groups is 1. The van der Waals surface area contributed by atoms with Gasteiger partial charge >= 0.3 is 5.76 Å². The Morgan fingerprint density at radius 1 is 1.08 bits per heavy atom. The van der Waals surface area contributed by atoms with Crippen molar-refractivity contribution in [1.82, 2.24) is 14.5 Å². The molecular formula is C19H20N4O3. The van der Waals surface area contributed by atoms with E-state index in [1.807, 2.05) is 24.3 Å². The van der Waals surface area contributed by atoms with E-state index < -0.39 is 11.8 Å². The van der Waals surface area contributed by atoms with Crippen molar-refractivity contribution in [2.24, 2.45) is 0 Å². The predicted octanol–water partition coefficient (Wildman–Crippen LogP) is 1.90. The van der Waals surface area contributed by atoms with Gasteiger partial charge in [-0.3, -0.25) is 9.36 Å². The van der Waals surface area contributed by atoms with Crippen LogP contribution in [0.4, 0.5) is 5.82 Å². The van der Waals surface area contributed by atoms with Gasteiger partial charge in [0.1, 0.15) is 11.9 Å². The first-order valence-corrected chi connectivity index (χ1v) is 8.70. The number of para-hydroxylation sites is 2. The van der Waals surface area contributed by atoms with E-state index in [-0.39, 0.29) is 5.91 Å². The molecule has 26 heavy (non-hydrogen) atoms. The molecule has 1 atom stereocenters. The zero-order valence-corrected chi connectivity index (χ0v) is 14.5. The lowest BCUT2D eigenvalue weighted by Gasteiger charge is -2.36. The third-order valence-corrected chi connectivity index (χ3v) is 4.83. The van der Waals surface area contributed by atoms with Crippen molar-refractivity contribution in [3.63, 3.8) is 0 Å². The number of piperazine rings is 1. The Labute approximate surface area is 150 Å². The summed E-state index contributed by atoms with van der Waals surface area (Å²) in [6.45, 7) is 4.39. The number of pyridine rings is 1. The van der Waals surface area contributed by atoms with Gasteiger partial charge in [-0.25, -0.2) is 9.78 Å². The van der Waals surface area contributed by atoms with E-state index in [4.69, 9.17) is 4.42 Å². The first-order valence-electron chi connectivity index (χ1n) is 8.70. The van der Waals surface area contributed by atoms with Crippen LogP contribution in [-0.4, -0.2) is 46.5 Å². The zero-order chi connectivity index (χ0) is 18.1. The molecule has 134 valence electrons. The molecule has 0 bridgehead atoms. The third-order valence-electron chi connectivity index (χ3n) is 4.83. The molecule has 0 radical (unpaired) electrons. The number of anilines is 1. The van der Waals surface area contributed by atoms with Gasteiger partial charge in [-0.05, 0) is 31.2 Å². The average molecular weight is 352 g/mol. The second-order valence-corrected chi connectivity index (χ2v) is 6.38. The van der Waals surface area contributed by atoms with Crippen LogP contribution in [0.2, 0.25) is 0 Å². The summed E-state index contributed by atoms with van der Waals surface area (Å²) in [5.41, 5.74) is 1.14. The number of hydrogen-bond donors (Lipinski definition) is 0. The molecule has 0 saturated carbocycles. The maximum atomic E-state index is 12.9. The molecule has 0 spiro atoms. The van der Waals surface area contributed by atoms with Crippen LogP contribution in [0.5, 0.6) is 0 Å². The van der Waals surface area contributed by atoms with Gasteiger partial charge in [0.2, 0.25) is 5.91 Å². The van der Waals surface area contributed by atoms with Crippen LogP contribution >= 0.6 is 0 Å². The summed E-state index contributed by atoms with van der Waals surface area (Å²) >= 11 is 0. The molecule has 1 aliphatic heterocycles. The molecule has 4 rings (SSSR count). The number of carbonyl (C=O) groups excluding carboxylic acids is 1. The van der Waals surface area contributed by atoms with E-state index in [1.165, 1.54) is 4.57 Å². The highest BCUT2D eigenvalue weighted by molar-refractivity contribution is 5.83. The maximum Gasteiger partial charge on any atom is 0.420 e. The molecule has 7 nitrogen and oxygen atoms in total. The van der Waals surface area contributed by atoms with E-state index in [0.29, 0.717) is 24.2 Å². The van der Waals surface area contributed by atoms with Crippen molar-refractivity contribution in [3.05, 3.63) is 59.2 Å². The number of amides is 1. The van der Waals surface area contributed by atoms with Crippen LogP contribution in [0.1, 0.15) is 13.0 Å². The van der Waals surface area contributed by atoms with E-state index in [2.05, 4.69) is 9.88 Å². The lowest BCUT2D eigenvalue weighted by atomic mass is 10.2. The normalized spacial score (nSPS) is 16.0. The van der Waals surface area contributed by atoms with E-state index in [9.17, 15) is 9.59 Å². The maximum absolute atomic E-state index is 12.9. The number of oxazole rings is 1. The number of fused-ring (bicyclic) bond motifs is 1. The summed E-state index contributed by atoms with van der Waals surface area (Å²) < 4.78 is 6.69. The van der Waals surface area contributed by atoms with Gasteiger partial charge in [-0.1, -0.05) is 18.2 Å². The van der Waals surface area contributed by atoms with Crippen LogP contribution in [0, 0.1) is 0 Å². The second kappa shape index (κ2) is 6.67. The summed E-state index contributed by atoms with van der Waals surface area (Å²) in [6.07, 6.45) is 1.77. The molecule has 3 heterocycles. The number of hydrogen-bond acceptors (Lipinski definition) is 5. The van der Waals surface area contributed by atoms with Crippen LogP contribution in [-0.2, 0) is 4.79 Å². The highest BCUT2D eigenvalue weighted by Gasteiger charge is 2.28. The Morgan fingerprint density at radius 3 is 2.54 bits per heavy atom. The van der Waals surface area contributed by atoms with Crippen molar-refractivity contribution >= 4 is 22.8 Å². The smallest absolute Gasteiger partial charge is 0.408 e. The number of rotatable bonds is 3. The first kappa shape index (κ1) is 16.4. The summed E-state index contributed by atoms with van der Waals surface area (Å²) in [6, 6.07) is 12.4. The Morgan fingerprint density at radius 2 is 1.81 bits per heavy atom. The predicted molar refractivity (Wildman–Crippen MR) is 98.2 cm³/mol. The fourth-order valence-electron chi connectivity index (χ4n) is 3.42. The highest BCUT2D eigenvalue weighted by Crippen LogP contribution is 2.20. The van der Waals surface area contributed by atoms with Gasteiger partial charge in [-0.2, -0.15) is 0 Å². The van der Waals surface area contributed by atoms with Gasteiger partial charge in [0.05, 0.1) is 5.52 Å². The molecule has 0 N–H and O–H groups in total. The van der Waals surface area contributed by atoms with Gasteiger partial charge in [0, 0.05) is 32.4 Å². The Hall–Kier alpha value is -3.09. The highest BCUT2D eigenvalue weighted by atomic mass is 16.4. The van der Waals surface area contributed by atoms with Crippen LogP contribution < -0.4 is 10.7 Å². The van der Waals surface area contributed by atoms with Crippen LogP contribution in [0.25, 0.3) is 11.1 Å². The Kier molecular flexibility index (Phi) is 4.20. The molecule has 1 saturated heterocycles. The summed E-state index contributed by atoms with van der Waals surface area (Å²) in [5.74, 6) is 0.350. The monoisotopic (exact) mass is 352 g/mol. The first-order chi connectivity index (χ1) is 12.6. The molecular weight excluding hydrogens is 332 g/mol. The molecule has 1 fully saturated rings. The topological polar surface area (TPSA) is 71.6 Å². The fraction of sp³-hybridized carbons (Fsp3) is 0.316. The average Bonchev–Trinajstić information content (AvgIpc) is 3.03. The largest absolute Gasteiger partial charge is 0.420 e. The van der Waals surface area contributed by atoms with Crippen LogP contribution in [0.3, 0.4) is 0 Å². The Bertz CT molecular complexity index is 971. The standard InChI is InChI=1S/C19H20N4O3/c1-14(23-15-6-2-3-7-16(15)26-19(23)25)18(24)22-12-10-21(11-13-22)17-8-4-5-9-20-17/h2-9,14H,10-13H2,1H3/t14-/m0/s1. The molecule has 3 aromatic rings. The number of nitrogens with zero attached hydrogens (tertiary/aromatic N) is 4. The van der Waals surface area contributed by atoms with Gasteiger partial charge in [0.15, 0.2) is 5.58 Å². The minimum absolute atomic E-state index is 0.0701. The Balaban J connectivity index is 1.50. The molecule has 1 amide bonds. The lowest BCUT2D eigenvalue weighted by Crippen LogP contribution is -2.51. The summed E-state index contributed by atoms with van der Waals surface area (Å²) in [4.78, 5) is 33.5. The second-order valence-electron chi connectivity index (χ2n) is 6.38. The van der Waals surface area contributed by atoms with Crippen molar-refractivity contribution in [2.45, 2.75) is 13.0 Å². The molecule has 2 aromatic heterocycles. The fourth-order valence-corrected chi connectivity index (χ4v) is 3.42. The van der Waals surface area contributed by atoms with Crippen molar-refractivity contribution in [1.29, 1.82) is 0 Å². The minimum Gasteiger partial charge on any atom is -0.408 e. The number of aromatic nitrogens is 2. The van der Waals surface area contributed by atoms with Crippen molar-refractivity contribution in [2.75, 3.05) is 31.1 Å². The van der Waals surface area contributed by atoms with Gasteiger partial charge < -0.3 is 14.2 Å². The van der Waals surface area contributed by atoms with E-state index >= 15 is 0 Å². The molecule has 1 aromatic carbocycles. The summed E-state index contributed by atoms with van der Waals surface area (Å²) in [7, 11) is 0. The van der Waals surface area contributed by atoms with E-state index in [0.717, 1.165) is 18.9 Å².